The molecule has 1 heterocycles. The van der Waals surface area contributed by atoms with E-state index in [1.807, 2.05) is 4.90 Å². The Morgan fingerprint density at radius 2 is 1.66 bits per heavy atom. The first-order chi connectivity index (χ1) is 13.9. The summed E-state index contributed by atoms with van der Waals surface area (Å²) in [4.78, 5) is 26.6. The van der Waals surface area contributed by atoms with E-state index in [9.17, 15) is 14.0 Å². The van der Waals surface area contributed by atoms with Crippen LogP contribution in [0.2, 0.25) is 0 Å². The first-order valence-corrected chi connectivity index (χ1v) is 9.32. The van der Waals surface area contributed by atoms with Crippen molar-refractivity contribution in [1.82, 2.24) is 10.2 Å². The molecule has 3 rings (SSSR count). The van der Waals surface area contributed by atoms with Crippen LogP contribution in [0.25, 0.3) is 0 Å². The minimum absolute atomic E-state index is 0.165. The van der Waals surface area contributed by atoms with Gasteiger partial charge in [0, 0.05) is 13.1 Å². The van der Waals surface area contributed by atoms with Gasteiger partial charge in [0.05, 0.1) is 19.8 Å². The van der Waals surface area contributed by atoms with Crippen molar-refractivity contribution >= 4 is 11.8 Å². The van der Waals surface area contributed by atoms with Crippen LogP contribution in [0.5, 0.6) is 11.5 Å². The van der Waals surface area contributed by atoms with Gasteiger partial charge in [0.15, 0.2) is 0 Å². The zero-order valence-electron chi connectivity index (χ0n) is 16.2. The fraction of sp³-hybridized carbons (Fsp3) is 0.333. The van der Waals surface area contributed by atoms with E-state index in [4.69, 9.17) is 15.2 Å². The maximum Gasteiger partial charge on any atom is 0.247 e. The van der Waals surface area contributed by atoms with Gasteiger partial charge in [0.2, 0.25) is 11.8 Å². The summed E-state index contributed by atoms with van der Waals surface area (Å²) in [6.07, 6.45) is 0. The van der Waals surface area contributed by atoms with Crippen molar-refractivity contribution in [3.63, 3.8) is 0 Å². The van der Waals surface area contributed by atoms with E-state index in [0.29, 0.717) is 43.4 Å². The molecule has 1 fully saturated rings. The molecule has 2 amide bonds. The van der Waals surface area contributed by atoms with Gasteiger partial charge in [-0.25, -0.2) is 4.39 Å². The van der Waals surface area contributed by atoms with Crippen molar-refractivity contribution in [2.24, 2.45) is 5.73 Å². The molecule has 0 saturated carbocycles. The zero-order chi connectivity index (χ0) is 20.9. The van der Waals surface area contributed by atoms with Crippen LogP contribution in [0.3, 0.4) is 0 Å². The van der Waals surface area contributed by atoms with Gasteiger partial charge in [-0.15, -0.1) is 0 Å². The number of nitrogens with one attached hydrogen (secondary N) is 1. The topological polar surface area (TPSA) is 93.9 Å². The second kappa shape index (κ2) is 9.02. The molecule has 0 radical (unpaired) electrons. The fourth-order valence-corrected chi connectivity index (χ4v) is 3.05. The van der Waals surface area contributed by atoms with Gasteiger partial charge < -0.3 is 20.5 Å². The third kappa shape index (κ3) is 5.30. The smallest absolute Gasteiger partial charge is 0.247 e. The summed E-state index contributed by atoms with van der Waals surface area (Å²) in [5.41, 5.74) is 4.78. The second-order valence-corrected chi connectivity index (χ2v) is 7.01. The standard InChI is InChI=1S/C21H24FN3O4/c1-21(20(23)27,24-19(26)14-25-10-12-28-13-11-25)15-2-6-17(7-3-15)29-18-8-4-16(22)5-9-18/h2-9H,10-14H2,1H3,(H2,23,27)(H,24,26). The third-order valence-electron chi connectivity index (χ3n) is 4.83. The summed E-state index contributed by atoms with van der Waals surface area (Å²) in [5.74, 6) is -0.319. The Kier molecular flexibility index (Phi) is 6.46. The molecule has 0 aliphatic carbocycles. The summed E-state index contributed by atoms with van der Waals surface area (Å²) in [6, 6.07) is 12.3. The summed E-state index contributed by atoms with van der Waals surface area (Å²) in [7, 11) is 0. The molecule has 1 unspecified atom stereocenters. The Bertz CT molecular complexity index is 851. The second-order valence-electron chi connectivity index (χ2n) is 7.01. The Morgan fingerprint density at radius 1 is 1.10 bits per heavy atom. The van der Waals surface area contributed by atoms with Crippen LogP contribution in [-0.2, 0) is 19.9 Å². The lowest BCUT2D eigenvalue weighted by Crippen LogP contribution is -2.55. The van der Waals surface area contributed by atoms with Crippen LogP contribution in [-0.4, -0.2) is 49.6 Å². The monoisotopic (exact) mass is 401 g/mol. The minimum atomic E-state index is -1.36. The third-order valence-corrected chi connectivity index (χ3v) is 4.83. The maximum atomic E-state index is 13.0. The predicted octanol–water partition coefficient (Wildman–Crippen LogP) is 1.77. The predicted molar refractivity (Wildman–Crippen MR) is 105 cm³/mol. The van der Waals surface area contributed by atoms with Crippen molar-refractivity contribution in [1.29, 1.82) is 0 Å². The van der Waals surface area contributed by atoms with Crippen LogP contribution >= 0.6 is 0 Å². The highest BCUT2D eigenvalue weighted by Crippen LogP contribution is 2.26. The molecular formula is C21H24FN3O4. The zero-order valence-corrected chi connectivity index (χ0v) is 16.2. The van der Waals surface area contributed by atoms with E-state index in [1.165, 1.54) is 24.3 Å². The number of ether oxygens (including phenoxy) is 2. The molecule has 29 heavy (non-hydrogen) atoms. The first kappa shape index (κ1) is 20.8. The van der Waals surface area contributed by atoms with Gasteiger partial charge in [-0.1, -0.05) is 12.1 Å². The number of rotatable bonds is 7. The lowest BCUT2D eigenvalue weighted by atomic mass is 9.91. The van der Waals surface area contributed by atoms with Crippen molar-refractivity contribution in [3.8, 4) is 11.5 Å². The molecule has 0 aromatic heterocycles. The van der Waals surface area contributed by atoms with Crippen LogP contribution in [0, 0.1) is 5.82 Å². The number of hydrogen-bond acceptors (Lipinski definition) is 5. The minimum Gasteiger partial charge on any atom is -0.457 e. The van der Waals surface area contributed by atoms with E-state index in [1.54, 1.807) is 31.2 Å². The lowest BCUT2D eigenvalue weighted by molar-refractivity contribution is -0.132. The molecule has 3 N–H and O–H groups in total. The average molecular weight is 401 g/mol. The molecule has 0 bridgehead atoms. The first-order valence-electron chi connectivity index (χ1n) is 9.32. The number of nitrogens with zero attached hydrogens (tertiary/aromatic N) is 1. The molecular weight excluding hydrogens is 377 g/mol. The highest BCUT2D eigenvalue weighted by atomic mass is 19.1. The molecule has 1 atom stereocenters. The molecule has 154 valence electrons. The maximum absolute atomic E-state index is 13.0. The summed E-state index contributed by atoms with van der Waals surface area (Å²) in [5, 5.41) is 2.75. The number of benzene rings is 2. The number of primary amides is 1. The van der Waals surface area contributed by atoms with Crippen LogP contribution in [0.15, 0.2) is 48.5 Å². The number of halogens is 1. The molecule has 2 aromatic rings. The number of carbonyl (C=O) groups is 2. The van der Waals surface area contributed by atoms with E-state index in [2.05, 4.69) is 5.32 Å². The Balaban J connectivity index is 1.69. The number of carbonyl (C=O) groups excluding carboxylic acids is 2. The molecule has 8 heteroatoms. The van der Waals surface area contributed by atoms with Gasteiger partial charge in [-0.05, 0) is 48.9 Å². The van der Waals surface area contributed by atoms with Gasteiger partial charge in [0.25, 0.3) is 0 Å². The Labute approximate surface area is 168 Å². The molecule has 1 aliphatic heterocycles. The quantitative estimate of drug-likeness (QED) is 0.738. The highest BCUT2D eigenvalue weighted by molar-refractivity contribution is 5.91. The van der Waals surface area contributed by atoms with Crippen LogP contribution in [0.1, 0.15) is 12.5 Å². The number of hydrogen-bond donors (Lipinski definition) is 2. The van der Waals surface area contributed by atoms with Crippen molar-refractivity contribution in [2.45, 2.75) is 12.5 Å². The lowest BCUT2D eigenvalue weighted by Gasteiger charge is -2.31. The molecule has 7 nitrogen and oxygen atoms in total. The SMILES string of the molecule is CC(NC(=O)CN1CCOCC1)(C(N)=O)c1ccc(Oc2ccc(F)cc2)cc1. The van der Waals surface area contributed by atoms with Gasteiger partial charge in [0.1, 0.15) is 22.9 Å². The van der Waals surface area contributed by atoms with E-state index >= 15 is 0 Å². The van der Waals surface area contributed by atoms with E-state index < -0.39 is 11.4 Å². The van der Waals surface area contributed by atoms with Gasteiger partial charge in [-0.2, -0.15) is 0 Å². The van der Waals surface area contributed by atoms with Crippen molar-refractivity contribution in [2.75, 3.05) is 32.8 Å². The molecule has 2 aromatic carbocycles. The number of nitrogens with two attached hydrogens (primary N) is 1. The normalized spacial score (nSPS) is 16.6. The molecule has 1 saturated heterocycles. The Morgan fingerprint density at radius 3 is 2.21 bits per heavy atom. The van der Waals surface area contributed by atoms with Crippen molar-refractivity contribution < 1.29 is 23.5 Å². The summed E-state index contributed by atoms with van der Waals surface area (Å²) < 4.78 is 23.9. The summed E-state index contributed by atoms with van der Waals surface area (Å²) >= 11 is 0. The largest absolute Gasteiger partial charge is 0.457 e. The van der Waals surface area contributed by atoms with Crippen LogP contribution in [0.4, 0.5) is 4.39 Å². The molecule has 0 spiro atoms. The molecule has 1 aliphatic rings. The highest BCUT2D eigenvalue weighted by Gasteiger charge is 2.35. The number of amides is 2. The van der Waals surface area contributed by atoms with E-state index in [0.717, 1.165) is 0 Å². The van der Waals surface area contributed by atoms with Crippen molar-refractivity contribution in [3.05, 3.63) is 59.9 Å². The van der Waals surface area contributed by atoms with Gasteiger partial charge >= 0.3 is 0 Å². The van der Waals surface area contributed by atoms with Crippen LogP contribution < -0.4 is 15.8 Å². The Hall–Kier alpha value is -2.97. The van der Waals surface area contributed by atoms with Gasteiger partial charge in [-0.3, -0.25) is 14.5 Å². The number of morpholine rings is 1. The van der Waals surface area contributed by atoms with E-state index in [-0.39, 0.29) is 18.3 Å². The fourth-order valence-electron chi connectivity index (χ4n) is 3.05. The average Bonchev–Trinajstić information content (AvgIpc) is 2.70. The summed E-state index contributed by atoms with van der Waals surface area (Å²) in [6.45, 7) is 4.22.